The molecule has 0 amide bonds. The number of benzene rings is 2. The van der Waals surface area contributed by atoms with Gasteiger partial charge in [-0.2, -0.15) is 0 Å². The molecule has 2 aromatic carbocycles. The summed E-state index contributed by atoms with van der Waals surface area (Å²) in [5, 5.41) is 4.32. The Kier molecular flexibility index (Phi) is 5.67. The first-order valence-electron chi connectivity index (χ1n) is 6.47. The molecule has 1 N–H and O–H groups in total. The lowest BCUT2D eigenvalue weighted by atomic mass is 9.98. The molecule has 1 nitrogen and oxygen atoms in total. The highest BCUT2D eigenvalue weighted by Crippen LogP contribution is 2.32. The van der Waals surface area contributed by atoms with Crippen LogP contribution in [0, 0.1) is 6.92 Å². The summed E-state index contributed by atoms with van der Waals surface area (Å²) < 4.78 is 2.15. The average Bonchev–Trinajstić information content (AvgIpc) is 2.42. The van der Waals surface area contributed by atoms with Crippen molar-refractivity contribution in [3.63, 3.8) is 0 Å². The van der Waals surface area contributed by atoms with E-state index in [1.54, 1.807) is 0 Å². The molecule has 0 aliphatic rings. The highest BCUT2D eigenvalue weighted by atomic mass is 79.9. The van der Waals surface area contributed by atoms with E-state index in [0.717, 1.165) is 26.1 Å². The highest BCUT2D eigenvalue weighted by molar-refractivity contribution is 9.11. The fraction of sp³-hybridized carbons (Fsp3) is 0.250. The Labute approximate surface area is 142 Å². The van der Waals surface area contributed by atoms with E-state index in [9.17, 15) is 0 Å². The molecule has 0 bridgehead atoms. The molecule has 0 aliphatic heterocycles. The molecule has 1 unspecified atom stereocenters. The van der Waals surface area contributed by atoms with Crippen LogP contribution < -0.4 is 5.32 Å². The van der Waals surface area contributed by atoms with Crippen LogP contribution in [-0.4, -0.2) is 6.54 Å². The number of hydrogen-bond donors (Lipinski definition) is 1. The van der Waals surface area contributed by atoms with Gasteiger partial charge in [-0.1, -0.05) is 62.5 Å². The summed E-state index contributed by atoms with van der Waals surface area (Å²) in [6.07, 6.45) is 0. The Morgan fingerprint density at radius 3 is 2.55 bits per heavy atom. The first-order valence-corrected chi connectivity index (χ1v) is 8.43. The fourth-order valence-electron chi connectivity index (χ4n) is 2.14. The van der Waals surface area contributed by atoms with Crippen molar-refractivity contribution in [2.24, 2.45) is 0 Å². The second-order valence-electron chi connectivity index (χ2n) is 4.67. The zero-order valence-corrected chi connectivity index (χ0v) is 15.3. The molecule has 0 aromatic heterocycles. The molecule has 0 spiro atoms. The maximum Gasteiger partial charge on any atom is 0.0588 e. The van der Waals surface area contributed by atoms with Gasteiger partial charge in [-0.3, -0.25) is 0 Å². The summed E-state index contributed by atoms with van der Waals surface area (Å²) in [5.74, 6) is 0. The zero-order chi connectivity index (χ0) is 14.7. The number of halogens is 3. The second-order valence-corrected chi connectivity index (χ2v) is 6.84. The maximum absolute atomic E-state index is 6.27. The van der Waals surface area contributed by atoms with Crippen LogP contribution in [0.15, 0.2) is 45.3 Å². The Morgan fingerprint density at radius 2 is 1.90 bits per heavy atom. The van der Waals surface area contributed by atoms with E-state index in [-0.39, 0.29) is 6.04 Å². The van der Waals surface area contributed by atoms with Gasteiger partial charge in [-0.05, 0) is 54.4 Å². The third-order valence-corrected chi connectivity index (χ3v) is 4.83. The van der Waals surface area contributed by atoms with Crippen molar-refractivity contribution in [2.75, 3.05) is 6.54 Å². The van der Waals surface area contributed by atoms with Crippen molar-refractivity contribution in [3.8, 4) is 0 Å². The van der Waals surface area contributed by atoms with Crippen molar-refractivity contribution >= 4 is 43.5 Å². The summed E-state index contributed by atoms with van der Waals surface area (Å²) in [7, 11) is 0. The minimum absolute atomic E-state index is 0.116. The number of aryl methyl sites for hydroxylation is 1. The van der Waals surface area contributed by atoms with Crippen LogP contribution in [0.3, 0.4) is 0 Å². The number of nitrogens with one attached hydrogen (secondary N) is 1. The Morgan fingerprint density at radius 1 is 1.15 bits per heavy atom. The van der Waals surface area contributed by atoms with Gasteiger partial charge in [0.2, 0.25) is 0 Å². The minimum atomic E-state index is 0.116. The molecule has 1 atom stereocenters. The van der Waals surface area contributed by atoms with Crippen LogP contribution >= 0.6 is 43.5 Å². The Bertz CT molecular complexity index is 613. The van der Waals surface area contributed by atoms with Crippen LogP contribution in [-0.2, 0) is 0 Å². The number of hydrogen-bond acceptors (Lipinski definition) is 1. The van der Waals surface area contributed by atoms with Crippen LogP contribution in [0.1, 0.15) is 29.7 Å². The zero-order valence-electron chi connectivity index (χ0n) is 11.4. The van der Waals surface area contributed by atoms with E-state index in [4.69, 9.17) is 11.6 Å². The lowest BCUT2D eigenvalue weighted by Crippen LogP contribution is -2.22. The van der Waals surface area contributed by atoms with Crippen molar-refractivity contribution in [1.29, 1.82) is 0 Å². The monoisotopic (exact) mass is 415 g/mol. The first kappa shape index (κ1) is 16.0. The molecule has 0 aliphatic carbocycles. The van der Waals surface area contributed by atoms with E-state index in [0.29, 0.717) is 0 Å². The molecule has 2 aromatic rings. The van der Waals surface area contributed by atoms with Gasteiger partial charge >= 0.3 is 0 Å². The summed E-state index contributed by atoms with van der Waals surface area (Å²) in [4.78, 5) is 0. The first-order chi connectivity index (χ1) is 9.52. The van der Waals surface area contributed by atoms with E-state index in [1.807, 2.05) is 19.1 Å². The van der Waals surface area contributed by atoms with Gasteiger partial charge < -0.3 is 5.32 Å². The average molecular weight is 418 g/mol. The minimum Gasteiger partial charge on any atom is -0.306 e. The SMILES string of the molecule is CCNC(c1ccc(C)c(Cl)c1)c1cc(Br)ccc1Br. The van der Waals surface area contributed by atoms with E-state index >= 15 is 0 Å². The van der Waals surface area contributed by atoms with Gasteiger partial charge in [0.05, 0.1) is 6.04 Å². The van der Waals surface area contributed by atoms with E-state index in [1.165, 1.54) is 11.1 Å². The summed E-state index contributed by atoms with van der Waals surface area (Å²) in [6, 6.07) is 12.6. The third-order valence-electron chi connectivity index (χ3n) is 3.21. The third kappa shape index (κ3) is 3.64. The molecule has 20 heavy (non-hydrogen) atoms. The van der Waals surface area contributed by atoms with Crippen molar-refractivity contribution in [2.45, 2.75) is 19.9 Å². The molecule has 0 heterocycles. The fourth-order valence-corrected chi connectivity index (χ4v) is 3.18. The molecule has 0 saturated carbocycles. The molecule has 2 rings (SSSR count). The lowest BCUT2D eigenvalue weighted by molar-refractivity contribution is 0.628. The van der Waals surface area contributed by atoms with Gasteiger partial charge in [0.15, 0.2) is 0 Å². The van der Waals surface area contributed by atoms with Gasteiger partial charge in [-0.25, -0.2) is 0 Å². The van der Waals surface area contributed by atoms with Gasteiger partial charge in [0.25, 0.3) is 0 Å². The normalized spacial score (nSPS) is 12.4. The van der Waals surface area contributed by atoms with Crippen molar-refractivity contribution < 1.29 is 0 Å². The molecule has 0 saturated heterocycles. The molecule has 106 valence electrons. The lowest BCUT2D eigenvalue weighted by Gasteiger charge is -2.21. The summed E-state index contributed by atoms with van der Waals surface area (Å²) in [6.45, 7) is 5.01. The molecular weight excluding hydrogens is 401 g/mol. The molecule has 0 fully saturated rings. The smallest absolute Gasteiger partial charge is 0.0588 e. The quantitative estimate of drug-likeness (QED) is 0.656. The highest BCUT2D eigenvalue weighted by Gasteiger charge is 2.17. The Balaban J connectivity index is 2.49. The summed E-state index contributed by atoms with van der Waals surface area (Å²) >= 11 is 13.4. The van der Waals surface area contributed by atoms with Crippen LogP contribution in [0.2, 0.25) is 5.02 Å². The molecule has 0 radical (unpaired) electrons. The van der Waals surface area contributed by atoms with Crippen LogP contribution in [0.25, 0.3) is 0 Å². The topological polar surface area (TPSA) is 12.0 Å². The van der Waals surface area contributed by atoms with Crippen molar-refractivity contribution in [3.05, 3.63) is 67.1 Å². The predicted molar refractivity (Wildman–Crippen MR) is 93.6 cm³/mol. The maximum atomic E-state index is 6.27. The largest absolute Gasteiger partial charge is 0.306 e. The van der Waals surface area contributed by atoms with Gasteiger partial charge in [0.1, 0.15) is 0 Å². The predicted octanol–water partition coefficient (Wildman–Crippen LogP) is 5.87. The molecular formula is C16H16Br2ClN. The summed E-state index contributed by atoms with van der Waals surface area (Å²) in [5.41, 5.74) is 3.46. The standard InChI is InChI=1S/C16H16Br2ClN/c1-3-20-16(11-5-4-10(2)15(19)8-11)13-9-12(17)6-7-14(13)18/h4-9,16,20H,3H2,1-2H3. The molecule has 4 heteroatoms. The second kappa shape index (κ2) is 7.08. The van der Waals surface area contributed by atoms with E-state index < -0.39 is 0 Å². The van der Waals surface area contributed by atoms with Crippen LogP contribution in [0.5, 0.6) is 0 Å². The van der Waals surface area contributed by atoms with Crippen LogP contribution in [0.4, 0.5) is 0 Å². The van der Waals surface area contributed by atoms with Crippen molar-refractivity contribution in [1.82, 2.24) is 5.32 Å². The van der Waals surface area contributed by atoms with Gasteiger partial charge in [0, 0.05) is 14.0 Å². The van der Waals surface area contributed by atoms with Gasteiger partial charge in [-0.15, -0.1) is 0 Å². The Hall–Kier alpha value is -0.350. The van der Waals surface area contributed by atoms with E-state index in [2.05, 4.69) is 68.4 Å². The number of rotatable bonds is 4.